The molecule has 132 valence electrons. The number of nitrogens with zero attached hydrogens (tertiary/aromatic N) is 2. The monoisotopic (exact) mass is 335 g/mol. The minimum atomic E-state index is -0.515. The third-order valence-electron chi connectivity index (χ3n) is 3.81. The maximum Gasteiger partial charge on any atom is 0.410 e. The molecule has 1 N–H and O–H groups in total. The van der Waals surface area contributed by atoms with E-state index in [2.05, 4.69) is 10.3 Å². The van der Waals surface area contributed by atoms with Crippen molar-refractivity contribution in [1.29, 1.82) is 0 Å². The normalized spacial score (nSPS) is 20.2. The summed E-state index contributed by atoms with van der Waals surface area (Å²) in [5, 5.41) is 2.53. The first-order valence-electron chi connectivity index (χ1n) is 7.98. The Labute approximate surface area is 142 Å². The Morgan fingerprint density at radius 2 is 2.00 bits per heavy atom. The molecule has 2 atom stereocenters. The van der Waals surface area contributed by atoms with Crippen molar-refractivity contribution in [2.75, 3.05) is 13.6 Å². The molecule has 1 aromatic rings. The van der Waals surface area contributed by atoms with Crippen LogP contribution in [0.5, 0.6) is 5.75 Å². The Kier molecular flexibility index (Phi) is 5.01. The first kappa shape index (κ1) is 18.0. The van der Waals surface area contributed by atoms with Gasteiger partial charge in [-0.15, -0.1) is 0 Å². The molecule has 0 aromatic carbocycles. The van der Waals surface area contributed by atoms with Crippen molar-refractivity contribution in [3.8, 4) is 5.75 Å². The van der Waals surface area contributed by atoms with Gasteiger partial charge in [0.05, 0.1) is 18.3 Å². The number of hydrogen-bond donors (Lipinski definition) is 1. The number of aryl methyl sites for hydroxylation is 1. The molecule has 0 saturated carbocycles. The number of rotatable bonds is 3. The van der Waals surface area contributed by atoms with Gasteiger partial charge in [-0.1, -0.05) is 0 Å². The van der Waals surface area contributed by atoms with Crippen LogP contribution in [0.4, 0.5) is 4.79 Å². The Bertz CT molecular complexity index is 639. The van der Waals surface area contributed by atoms with Gasteiger partial charge in [0, 0.05) is 7.05 Å². The first-order valence-corrected chi connectivity index (χ1v) is 7.98. The van der Waals surface area contributed by atoms with Gasteiger partial charge in [0.15, 0.2) is 0 Å². The van der Waals surface area contributed by atoms with Crippen LogP contribution in [0.25, 0.3) is 0 Å². The fourth-order valence-electron chi connectivity index (χ4n) is 2.36. The van der Waals surface area contributed by atoms with Crippen molar-refractivity contribution in [2.24, 2.45) is 0 Å². The van der Waals surface area contributed by atoms with Crippen LogP contribution in [-0.2, 0) is 4.74 Å². The highest BCUT2D eigenvalue weighted by atomic mass is 16.6. The molecule has 2 amide bonds. The van der Waals surface area contributed by atoms with Crippen LogP contribution in [0, 0.1) is 6.92 Å². The molecule has 24 heavy (non-hydrogen) atoms. The Balaban J connectivity index is 1.97. The standard InChI is InChI=1S/C17H25N3O4/c1-10-13(8-7-12(19-10)15(21)18-6)23-14-9-20(11(14)2)16(22)24-17(3,4)5/h7-8,11,14H,9H2,1-6H3,(H,18,21)/t11-,14+/m1/s1. The number of aromatic nitrogens is 1. The molecule has 7 nitrogen and oxygen atoms in total. The van der Waals surface area contributed by atoms with Crippen molar-refractivity contribution < 1.29 is 19.1 Å². The number of ether oxygens (including phenoxy) is 2. The maximum absolute atomic E-state index is 12.1. The SMILES string of the molecule is CNC(=O)c1ccc(O[C@H]2CN(C(=O)OC(C)(C)C)[C@@H]2C)c(C)n1. The van der Waals surface area contributed by atoms with Crippen LogP contribution in [0.2, 0.25) is 0 Å². The quantitative estimate of drug-likeness (QED) is 0.915. The number of likely N-dealkylation sites (tertiary alicyclic amines) is 1. The van der Waals surface area contributed by atoms with E-state index in [1.807, 2.05) is 27.7 Å². The summed E-state index contributed by atoms with van der Waals surface area (Å²) in [6.07, 6.45) is -0.455. The van der Waals surface area contributed by atoms with E-state index < -0.39 is 5.60 Å². The second-order valence-electron chi connectivity index (χ2n) is 6.89. The molecule has 1 fully saturated rings. The first-order chi connectivity index (χ1) is 11.1. The third-order valence-corrected chi connectivity index (χ3v) is 3.81. The summed E-state index contributed by atoms with van der Waals surface area (Å²) in [4.78, 5) is 29.5. The third kappa shape index (κ3) is 3.96. The number of carbonyl (C=O) groups excluding carboxylic acids is 2. The highest BCUT2D eigenvalue weighted by Crippen LogP contribution is 2.27. The molecule has 0 radical (unpaired) electrons. The zero-order chi connectivity index (χ0) is 18.1. The van der Waals surface area contributed by atoms with Crippen molar-refractivity contribution in [3.63, 3.8) is 0 Å². The summed E-state index contributed by atoms with van der Waals surface area (Å²) >= 11 is 0. The number of carbonyl (C=O) groups is 2. The van der Waals surface area contributed by atoms with Crippen LogP contribution >= 0.6 is 0 Å². The fourth-order valence-corrected chi connectivity index (χ4v) is 2.36. The molecule has 0 bridgehead atoms. The van der Waals surface area contributed by atoms with Crippen molar-refractivity contribution >= 4 is 12.0 Å². The lowest BCUT2D eigenvalue weighted by molar-refractivity contribution is -0.0538. The van der Waals surface area contributed by atoms with E-state index in [-0.39, 0.29) is 24.1 Å². The molecule has 0 spiro atoms. The van der Waals surface area contributed by atoms with Crippen molar-refractivity contribution in [1.82, 2.24) is 15.2 Å². The summed E-state index contributed by atoms with van der Waals surface area (Å²) in [6.45, 7) is 9.69. The Morgan fingerprint density at radius 3 is 2.50 bits per heavy atom. The average molecular weight is 335 g/mol. The summed E-state index contributed by atoms with van der Waals surface area (Å²) in [7, 11) is 1.56. The van der Waals surface area contributed by atoms with Gasteiger partial charge in [-0.3, -0.25) is 9.69 Å². The van der Waals surface area contributed by atoms with Gasteiger partial charge in [-0.25, -0.2) is 9.78 Å². The summed E-state index contributed by atoms with van der Waals surface area (Å²) in [5.74, 6) is 0.376. The molecule has 7 heteroatoms. The number of amides is 2. The number of nitrogens with one attached hydrogen (secondary N) is 1. The lowest BCUT2D eigenvalue weighted by Crippen LogP contribution is -2.63. The largest absolute Gasteiger partial charge is 0.485 e. The predicted octanol–water partition coefficient (Wildman–Crippen LogP) is 2.14. The lowest BCUT2D eigenvalue weighted by atomic mass is 10.0. The van der Waals surface area contributed by atoms with Gasteiger partial charge in [-0.05, 0) is 46.8 Å². The molecule has 1 aliphatic rings. The Hall–Kier alpha value is -2.31. The lowest BCUT2D eigenvalue weighted by Gasteiger charge is -2.45. The molecule has 1 aliphatic heterocycles. The smallest absolute Gasteiger partial charge is 0.410 e. The summed E-state index contributed by atoms with van der Waals surface area (Å²) in [6, 6.07) is 3.27. The molecule has 2 rings (SSSR count). The Morgan fingerprint density at radius 1 is 1.33 bits per heavy atom. The summed E-state index contributed by atoms with van der Waals surface area (Å²) < 4.78 is 11.3. The molecule has 0 unspecified atom stereocenters. The molecule has 1 saturated heterocycles. The van der Waals surface area contributed by atoms with Crippen molar-refractivity contribution in [2.45, 2.75) is 52.4 Å². The molecule has 2 heterocycles. The van der Waals surface area contributed by atoms with E-state index in [1.165, 1.54) is 0 Å². The highest BCUT2D eigenvalue weighted by Gasteiger charge is 2.42. The highest BCUT2D eigenvalue weighted by molar-refractivity contribution is 5.92. The van der Waals surface area contributed by atoms with Gasteiger partial charge in [0.25, 0.3) is 5.91 Å². The van der Waals surface area contributed by atoms with Crippen LogP contribution in [0.3, 0.4) is 0 Å². The van der Waals surface area contributed by atoms with Crippen LogP contribution in [0.15, 0.2) is 12.1 Å². The zero-order valence-corrected chi connectivity index (χ0v) is 15.0. The van der Waals surface area contributed by atoms with Gasteiger partial charge in [-0.2, -0.15) is 0 Å². The zero-order valence-electron chi connectivity index (χ0n) is 15.0. The number of hydrogen-bond acceptors (Lipinski definition) is 5. The fraction of sp³-hybridized carbons (Fsp3) is 0.588. The van der Waals surface area contributed by atoms with Gasteiger partial charge >= 0.3 is 6.09 Å². The van der Waals surface area contributed by atoms with Crippen LogP contribution in [-0.4, -0.2) is 53.2 Å². The average Bonchev–Trinajstić information content (AvgIpc) is 2.48. The van der Waals surface area contributed by atoms with Gasteiger partial charge < -0.3 is 14.8 Å². The van der Waals surface area contributed by atoms with Crippen LogP contribution < -0.4 is 10.1 Å². The van der Waals surface area contributed by atoms with E-state index in [0.29, 0.717) is 23.7 Å². The topological polar surface area (TPSA) is 80.8 Å². The molecule has 0 aliphatic carbocycles. The maximum atomic E-state index is 12.1. The van der Waals surface area contributed by atoms with E-state index in [9.17, 15) is 9.59 Å². The summed E-state index contributed by atoms with van der Waals surface area (Å²) in [5.41, 5.74) is 0.470. The van der Waals surface area contributed by atoms with E-state index >= 15 is 0 Å². The van der Waals surface area contributed by atoms with Crippen molar-refractivity contribution in [3.05, 3.63) is 23.5 Å². The van der Waals surface area contributed by atoms with Gasteiger partial charge in [0.1, 0.15) is 23.1 Å². The van der Waals surface area contributed by atoms with E-state index in [0.717, 1.165) is 0 Å². The second-order valence-corrected chi connectivity index (χ2v) is 6.89. The predicted molar refractivity (Wildman–Crippen MR) is 89.2 cm³/mol. The molecular formula is C17H25N3O4. The van der Waals surface area contributed by atoms with Gasteiger partial charge in [0.2, 0.25) is 0 Å². The van der Waals surface area contributed by atoms with Crippen LogP contribution in [0.1, 0.15) is 43.9 Å². The molecular weight excluding hydrogens is 310 g/mol. The minimum Gasteiger partial charge on any atom is -0.485 e. The number of pyridine rings is 1. The minimum absolute atomic E-state index is 0.0853. The van der Waals surface area contributed by atoms with E-state index in [4.69, 9.17) is 9.47 Å². The van der Waals surface area contributed by atoms with E-state index in [1.54, 1.807) is 31.0 Å². The molecule has 1 aromatic heterocycles. The second kappa shape index (κ2) is 6.67.